The normalized spacial score (nSPS) is 21.4. The van der Waals surface area contributed by atoms with Crippen LogP contribution in [-0.4, -0.2) is 23.6 Å². The second-order valence-electron chi connectivity index (χ2n) is 5.69. The Bertz CT molecular complexity index is 401. The van der Waals surface area contributed by atoms with Gasteiger partial charge in [0, 0.05) is 35.3 Å². The van der Waals surface area contributed by atoms with Crippen LogP contribution in [-0.2, 0) is 0 Å². The lowest BCUT2D eigenvalue weighted by molar-refractivity contribution is 0.635. The van der Waals surface area contributed by atoms with Gasteiger partial charge in [-0.25, -0.2) is 0 Å². The molecule has 0 aliphatic carbocycles. The number of rotatable bonds is 2. The van der Waals surface area contributed by atoms with Crippen LogP contribution in [0.4, 0.5) is 5.69 Å². The van der Waals surface area contributed by atoms with Crippen LogP contribution >= 0.6 is 11.8 Å². The molecule has 1 aromatic carbocycles. The van der Waals surface area contributed by atoms with Gasteiger partial charge in [0.05, 0.1) is 0 Å². The first-order chi connectivity index (χ1) is 8.49. The Labute approximate surface area is 115 Å². The van der Waals surface area contributed by atoms with Crippen LogP contribution in [0.1, 0.15) is 38.8 Å². The number of anilines is 1. The maximum Gasteiger partial charge on any atom is 0.0414 e. The Hall–Kier alpha value is -0.670. The van der Waals surface area contributed by atoms with Gasteiger partial charge < -0.3 is 10.6 Å². The predicted octanol–water partition coefficient (Wildman–Crippen LogP) is 3.43. The van der Waals surface area contributed by atoms with Crippen molar-refractivity contribution >= 4 is 17.4 Å². The minimum Gasteiger partial charge on any atom is -0.370 e. The zero-order chi connectivity index (χ0) is 13.2. The van der Waals surface area contributed by atoms with Crippen molar-refractivity contribution in [3.8, 4) is 0 Å². The lowest BCUT2D eigenvalue weighted by atomic mass is 10.0. The summed E-state index contributed by atoms with van der Waals surface area (Å²) in [7, 11) is 0. The molecule has 1 fully saturated rings. The van der Waals surface area contributed by atoms with E-state index < -0.39 is 0 Å². The van der Waals surface area contributed by atoms with Crippen molar-refractivity contribution in [1.29, 1.82) is 0 Å². The molecule has 1 saturated heterocycles. The summed E-state index contributed by atoms with van der Waals surface area (Å²) in [5, 5.41) is 0. The third kappa shape index (κ3) is 3.21. The highest BCUT2D eigenvalue weighted by molar-refractivity contribution is 8.00. The fraction of sp³-hybridized carbons (Fsp3) is 0.600. The molecule has 1 atom stereocenters. The van der Waals surface area contributed by atoms with E-state index in [0.717, 1.165) is 13.1 Å². The highest BCUT2D eigenvalue weighted by Crippen LogP contribution is 2.34. The molecule has 2 rings (SSSR count). The maximum atomic E-state index is 6.08. The number of nitrogens with two attached hydrogens (primary N) is 1. The topological polar surface area (TPSA) is 29.3 Å². The summed E-state index contributed by atoms with van der Waals surface area (Å²) in [6.45, 7) is 9.01. The summed E-state index contributed by atoms with van der Waals surface area (Å²) >= 11 is 2.08. The maximum absolute atomic E-state index is 6.08. The first kappa shape index (κ1) is 13.8. The Morgan fingerprint density at radius 1 is 1.28 bits per heavy atom. The fourth-order valence-electron chi connectivity index (χ4n) is 2.42. The average Bonchev–Trinajstić information content (AvgIpc) is 2.50. The molecule has 0 saturated carbocycles. The third-order valence-electron chi connectivity index (χ3n) is 3.61. The van der Waals surface area contributed by atoms with Gasteiger partial charge in [-0.15, -0.1) is 0 Å². The third-order valence-corrected chi connectivity index (χ3v) is 4.98. The van der Waals surface area contributed by atoms with Crippen LogP contribution in [0.25, 0.3) is 0 Å². The quantitative estimate of drug-likeness (QED) is 0.887. The van der Waals surface area contributed by atoms with E-state index in [-0.39, 0.29) is 6.04 Å². The van der Waals surface area contributed by atoms with Crippen molar-refractivity contribution in [3.05, 3.63) is 29.8 Å². The van der Waals surface area contributed by atoms with E-state index >= 15 is 0 Å². The van der Waals surface area contributed by atoms with Gasteiger partial charge in [-0.05, 0) is 25.0 Å². The second kappa shape index (κ2) is 5.54. The van der Waals surface area contributed by atoms with Gasteiger partial charge in [-0.1, -0.05) is 32.0 Å². The van der Waals surface area contributed by atoms with Crippen LogP contribution < -0.4 is 10.6 Å². The van der Waals surface area contributed by atoms with Crippen LogP contribution in [0.2, 0.25) is 0 Å². The van der Waals surface area contributed by atoms with E-state index in [1.54, 1.807) is 0 Å². The molecule has 0 spiro atoms. The fourth-order valence-corrected chi connectivity index (χ4v) is 3.52. The van der Waals surface area contributed by atoms with E-state index in [4.69, 9.17) is 5.73 Å². The zero-order valence-corrected chi connectivity index (χ0v) is 12.5. The van der Waals surface area contributed by atoms with Crippen molar-refractivity contribution in [3.63, 3.8) is 0 Å². The van der Waals surface area contributed by atoms with Gasteiger partial charge in [-0.3, -0.25) is 0 Å². The summed E-state index contributed by atoms with van der Waals surface area (Å²) in [4.78, 5) is 2.50. The molecule has 18 heavy (non-hydrogen) atoms. The molecule has 1 aliphatic rings. The van der Waals surface area contributed by atoms with Crippen molar-refractivity contribution in [1.82, 2.24) is 0 Å². The molecule has 2 nitrogen and oxygen atoms in total. The molecule has 0 radical (unpaired) electrons. The van der Waals surface area contributed by atoms with Gasteiger partial charge >= 0.3 is 0 Å². The molecule has 100 valence electrons. The SMILES string of the molecule is CC(N)c1ccccc1N1CCSC(C)(C)CC1. The van der Waals surface area contributed by atoms with Crippen molar-refractivity contribution in [2.75, 3.05) is 23.7 Å². The highest BCUT2D eigenvalue weighted by Gasteiger charge is 2.24. The van der Waals surface area contributed by atoms with Gasteiger partial charge in [-0.2, -0.15) is 11.8 Å². The Kier molecular flexibility index (Phi) is 4.23. The molecule has 0 amide bonds. The molecule has 1 heterocycles. The van der Waals surface area contributed by atoms with Gasteiger partial charge in [0.2, 0.25) is 0 Å². The number of para-hydroxylation sites is 1. The van der Waals surface area contributed by atoms with Crippen molar-refractivity contribution in [2.45, 2.75) is 38.0 Å². The lowest BCUT2D eigenvalue weighted by Crippen LogP contribution is -2.28. The van der Waals surface area contributed by atoms with Crippen LogP contribution in [0, 0.1) is 0 Å². The molecule has 0 aromatic heterocycles. The number of benzene rings is 1. The summed E-state index contributed by atoms with van der Waals surface area (Å²) in [6.07, 6.45) is 1.23. The molecule has 1 aliphatic heterocycles. The van der Waals surface area contributed by atoms with Crippen LogP contribution in [0.3, 0.4) is 0 Å². The van der Waals surface area contributed by atoms with E-state index in [1.165, 1.54) is 23.4 Å². The lowest BCUT2D eigenvalue weighted by Gasteiger charge is -2.27. The Morgan fingerprint density at radius 3 is 2.72 bits per heavy atom. The van der Waals surface area contributed by atoms with Crippen LogP contribution in [0.5, 0.6) is 0 Å². The molecule has 1 aromatic rings. The monoisotopic (exact) mass is 264 g/mol. The first-order valence-electron chi connectivity index (χ1n) is 6.73. The summed E-state index contributed by atoms with van der Waals surface area (Å²) in [5.41, 5.74) is 8.67. The van der Waals surface area contributed by atoms with Gasteiger partial charge in [0.1, 0.15) is 0 Å². The van der Waals surface area contributed by atoms with E-state index in [0.29, 0.717) is 4.75 Å². The van der Waals surface area contributed by atoms with Crippen LogP contribution in [0.15, 0.2) is 24.3 Å². The molecule has 2 N–H and O–H groups in total. The molecule has 3 heteroatoms. The number of hydrogen-bond acceptors (Lipinski definition) is 3. The summed E-state index contributed by atoms with van der Waals surface area (Å²) < 4.78 is 0.401. The standard InChI is InChI=1S/C15H24N2S/c1-12(16)13-6-4-5-7-14(13)17-9-8-15(2,3)18-11-10-17/h4-7,12H,8-11,16H2,1-3H3. The smallest absolute Gasteiger partial charge is 0.0414 e. The van der Waals surface area contributed by atoms with Crippen molar-refractivity contribution < 1.29 is 0 Å². The van der Waals surface area contributed by atoms with E-state index in [9.17, 15) is 0 Å². The highest BCUT2D eigenvalue weighted by atomic mass is 32.2. The van der Waals surface area contributed by atoms with E-state index in [1.807, 2.05) is 0 Å². The Balaban J connectivity index is 2.21. The van der Waals surface area contributed by atoms with Gasteiger partial charge in [0.25, 0.3) is 0 Å². The second-order valence-corrected chi connectivity index (χ2v) is 7.49. The first-order valence-corrected chi connectivity index (χ1v) is 7.71. The number of thioether (sulfide) groups is 1. The van der Waals surface area contributed by atoms with E-state index in [2.05, 4.69) is 61.7 Å². The molecule has 1 unspecified atom stereocenters. The minimum atomic E-state index is 0.102. The summed E-state index contributed by atoms with van der Waals surface area (Å²) in [6, 6.07) is 8.67. The average molecular weight is 264 g/mol. The number of hydrogen-bond donors (Lipinski definition) is 1. The summed E-state index contributed by atoms with van der Waals surface area (Å²) in [5.74, 6) is 1.19. The minimum absolute atomic E-state index is 0.102. The number of nitrogens with zero attached hydrogens (tertiary/aromatic N) is 1. The largest absolute Gasteiger partial charge is 0.370 e. The van der Waals surface area contributed by atoms with Crippen molar-refractivity contribution in [2.24, 2.45) is 5.73 Å². The predicted molar refractivity (Wildman–Crippen MR) is 82.4 cm³/mol. The molecule has 0 bridgehead atoms. The molecular weight excluding hydrogens is 240 g/mol. The molecular formula is C15H24N2S. The Morgan fingerprint density at radius 2 is 2.00 bits per heavy atom. The zero-order valence-electron chi connectivity index (χ0n) is 11.6. The van der Waals surface area contributed by atoms with Gasteiger partial charge in [0.15, 0.2) is 0 Å².